The number of hydrogen-bond acceptors (Lipinski definition) is 7. The fraction of sp³-hybridized carbons (Fsp3) is 0.368. The van der Waals surface area contributed by atoms with Gasteiger partial charge < -0.3 is 14.2 Å². The van der Waals surface area contributed by atoms with Gasteiger partial charge in [-0.3, -0.25) is 0 Å². The first-order valence-electron chi connectivity index (χ1n) is 9.15. The zero-order valence-electron chi connectivity index (χ0n) is 16.1. The van der Waals surface area contributed by atoms with E-state index in [0.29, 0.717) is 42.1 Å². The van der Waals surface area contributed by atoms with Crippen LogP contribution >= 0.6 is 0 Å². The van der Waals surface area contributed by atoms with Gasteiger partial charge in [0.15, 0.2) is 5.76 Å². The van der Waals surface area contributed by atoms with Crippen LogP contribution in [0.4, 0.5) is 0 Å². The number of rotatable bonds is 9. The Balaban J connectivity index is 1.63. The van der Waals surface area contributed by atoms with E-state index in [1.54, 1.807) is 30.5 Å². The minimum Gasteiger partial charge on any atom is -0.459 e. The standard InChI is InChI=1S/C19H24N4O4S/c1-4-23(5-2)28(24,25)16-10-8-15(9-11-16)14(3)20-13-18-21-22-19(27-18)17-7-6-12-26-17/h6-12,14,20H,4-5,13H2,1-3H3/t14-/m0/s1. The van der Waals surface area contributed by atoms with Crippen molar-refractivity contribution in [1.29, 1.82) is 0 Å². The van der Waals surface area contributed by atoms with Gasteiger partial charge >= 0.3 is 0 Å². The first-order chi connectivity index (χ1) is 13.5. The lowest BCUT2D eigenvalue weighted by atomic mass is 10.1. The van der Waals surface area contributed by atoms with Gasteiger partial charge in [0.05, 0.1) is 17.7 Å². The fourth-order valence-electron chi connectivity index (χ4n) is 2.82. The molecule has 1 aromatic carbocycles. The van der Waals surface area contributed by atoms with Crippen molar-refractivity contribution in [2.24, 2.45) is 0 Å². The summed E-state index contributed by atoms with van der Waals surface area (Å²) in [5, 5.41) is 11.2. The molecule has 3 aromatic rings. The van der Waals surface area contributed by atoms with E-state index in [1.807, 2.05) is 32.9 Å². The molecule has 9 heteroatoms. The van der Waals surface area contributed by atoms with Crippen molar-refractivity contribution < 1.29 is 17.3 Å². The van der Waals surface area contributed by atoms with Gasteiger partial charge in [0.25, 0.3) is 5.89 Å². The van der Waals surface area contributed by atoms with E-state index in [9.17, 15) is 8.42 Å². The molecule has 0 fully saturated rings. The van der Waals surface area contributed by atoms with E-state index in [-0.39, 0.29) is 6.04 Å². The molecule has 2 heterocycles. The highest BCUT2D eigenvalue weighted by Gasteiger charge is 2.21. The number of furan rings is 1. The first kappa shape index (κ1) is 20.2. The first-order valence-corrected chi connectivity index (χ1v) is 10.6. The highest BCUT2D eigenvalue weighted by Crippen LogP contribution is 2.21. The number of sulfonamides is 1. The van der Waals surface area contributed by atoms with Crippen molar-refractivity contribution in [2.45, 2.75) is 38.3 Å². The van der Waals surface area contributed by atoms with Crippen LogP contribution in [0.25, 0.3) is 11.7 Å². The van der Waals surface area contributed by atoms with Gasteiger partial charge in [-0.25, -0.2) is 8.42 Å². The highest BCUT2D eigenvalue weighted by molar-refractivity contribution is 7.89. The average molecular weight is 404 g/mol. The van der Waals surface area contributed by atoms with E-state index < -0.39 is 10.0 Å². The van der Waals surface area contributed by atoms with Gasteiger partial charge in [-0.2, -0.15) is 4.31 Å². The molecule has 0 saturated carbocycles. The Bertz CT molecular complexity index is 977. The second kappa shape index (κ2) is 8.68. The van der Waals surface area contributed by atoms with Crippen LogP contribution in [0.1, 0.15) is 38.3 Å². The molecule has 0 bridgehead atoms. The van der Waals surface area contributed by atoms with E-state index in [0.717, 1.165) is 5.56 Å². The summed E-state index contributed by atoms with van der Waals surface area (Å²) < 4.78 is 37.4. The molecular formula is C19H24N4O4S. The maximum Gasteiger partial charge on any atom is 0.283 e. The van der Waals surface area contributed by atoms with E-state index >= 15 is 0 Å². The monoisotopic (exact) mass is 404 g/mol. The Hall–Kier alpha value is -2.49. The number of nitrogens with one attached hydrogen (secondary N) is 1. The van der Waals surface area contributed by atoms with Crippen LogP contribution in [-0.4, -0.2) is 36.0 Å². The van der Waals surface area contributed by atoms with E-state index in [1.165, 1.54) is 4.31 Å². The quantitative estimate of drug-likeness (QED) is 0.584. The van der Waals surface area contributed by atoms with Crippen LogP contribution in [0.15, 0.2) is 56.4 Å². The molecule has 1 atom stereocenters. The largest absolute Gasteiger partial charge is 0.459 e. The van der Waals surface area contributed by atoms with Crippen molar-refractivity contribution in [1.82, 2.24) is 19.8 Å². The molecule has 3 rings (SSSR count). The van der Waals surface area contributed by atoms with Gasteiger partial charge in [-0.05, 0) is 36.8 Å². The summed E-state index contributed by atoms with van der Waals surface area (Å²) in [5.41, 5.74) is 0.962. The summed E-state index contributed by atoms with van der Waals surface area (Å²) in [6.07, 6.45) is 1.55. The molecular weight excluding hydrogens is 380 g/mol. The van der Waals surface area contributed by atoms with Gasteiger partial charge in [0.1, 0.15) is 0 Å². The number of nitrogens with zero attached hydrogens (tertiary/aromatic N) is 3. The normalized spacial score (nSPS) is 13.1. The van der Waals surface area contributed by atoms with Crippen LogP contribution in [0.2, 0.25) is 0 Å². The third kappa shape index (κ3) is 4.32. The smallest absolute Gasteiger partial charge is 0.283 e. The third-order valence-corrected chi connectivity index (χ3v) is 6.55. The molecule has 0 aliphatic carbocycles. The number of hydrogen-bond donors (Lipinski definition) is 1. The highest BCUT2D eigenvalue weighted by atomic mass is 32.2. The summed E-state index contributed by atoms with van der Waals surface area (Å²) >= 11 is 0. The minimum atomic E-state index is -3.45. The van der Waals surface area contributed by atoms with Crippen molar-refractivity contribution in [3.05, 3.63) is 54.1 Å². The zero-order valence-corrected chi connectivity index (χ0v) is 16.9. The molecule has 0 aliphatic heterocycles. The van der Waals surface area contributed by atoms with E-state index in [4.69, 9.17) is 8.83 Å². The Kier molecular flexibility index (Phi) is 6.28. The van der Waals surface area contributed by atoms with Crippen LogP contribution in [0.5, 0.6) is 0 Å². The molecule has 1 N–H and O–H groups in total. The Morgan fingerprint density at radius 2 is 1.82 bits per heavy atom. The Morgan fingerprint density at radius 1 is 1.11 bits per heavy atom. The summed E-state index contributed by atoms with van der Waals surface area (Å²) in [6, 6.07) is 10.4. The fourth-order valence-corrected chi connectivity index (χ4v) is 4.28. The third-order valence-electron chi connectivity index (χ3n) is 4.48. The van der Waals surface area contributed by atoms with Gasteiger partial charge in [-0.15, -0.1) is 10.2 Å². The molecule has 8 nitrogen and oxygen atoms in total. The maximum atomic E-state index is 12.6. The maximum absolute atomic E-state index is 12.6. The number of benzene rings is 1. The molecule has 0 aliphatic rings. The summed E-state index contributed by atoms with van der Waals surface area (Å²) in [6.45, 7) is 6.92. The van der Waals surface area contributed by atoms with Crippen molar-refractivity contribution in [3.8, 4) is 11.7 Å². The van der Waals surface area contributed by atoms with Crippen LogP contribution in [-0.2, 0) is 16.6 Å². The molecule has 0 spiro atoms. The molecule has 0 unspecified atom stereocenters. The Labute approximate surface area is 164 Å². The molecule has 0 radical (unpaired) electrons. The Morgan fingerprint density at radius 3 is 2.43 bits per heavy atom. The van der Waals surface area contributed by atoms with Gasteiger partial charge in [-0.1, -0.05) is 26.0 Å². The molecule has 150 valence electrons. The van der Waals surface area contributed by atoms with Crippen molar-refractivity contribution >= 4 is 10.0 Å². The summed E-state index contributed by atoms with van der Waals surface area (Å²) in [4.78, 5) is 0.298. The van der Waals surface area contributed by atoms with Crippen molar-refractivity contribution in [3.63, 3.8) is 0 Å². The lowest BCUT2D eigenvalue weighted by Crippen LogP contribution is -2.30. The van der Waals surface area contributed by atoms with Gasteiger partial charge in [0.2, 0.25) is 15.9 Å². The van der Waals surface area contributed by atoms with Crippen LogP contribution in [0.3, 0.4) is 0 Å². The van der Waals surface area contributed by atoms with Crippen molar-refractivity contribution in [2.75, 3.05) is 13.1 Å². The molecule has 2 aromatic heterocycles. The van der Waals surface area contributed by atoms with E-state index in [2.05, 4.69) is 15.5 Å². The summed E-state index contributed by atoms with van der Waals surface area (Å²) in [5.74, 6) is 1.30. The minimum absolute atomic E-state index is 0.0239. The predicted octanol–water partition coefficient (Wildman–Crippen LogP) is 3.21. The second-order valence-electron chi connectivity index (χ2n) is 6.24. The number of aromatic nitrogens is 2. The SMILES string of the molecule is CCN(CC)S(=O)(=O)c1ccc([C@H](C)NCc2nnc(-c3ccco3)o2)cc1. The second-order valence-corrected chi connectivity index (χ2v) is 8.18. The molecule has 0 amide bonds. The summed E-state index contributed by atoms with van der Waals surface area (Å²) in [7, 11) is -3.45. The zero-order chi connectivity index (χ0) is 20.1. The van der Waals surface area contributed by atoms with Crippen LogP contribution in [0, 0.1) is 0 Å². The average Bonchev–Trinajstić information content (AvgIpc) is 3.38. The topological polar surface area (TPSA) is 101 Å². The molecule has 0 saturated heterocycles. The lowest BCUT2D eigenvalue weighted by molar-refractivity contribution is 0.442. The van der Waals surface area contributed by atoms with Crippen LogP contribution < -0.4 is 5.32 Å². The lowest BCUT2D eigenvalue weighted by Gasteiger charge is -2.19. The van der Waals surface area contributed by atoms with Gasteiger partial charge in [0, 0.05) is 19.1 Å². The predicted molar refractivity (Wildman–Crippen MR) is 104 cm³/mol. The molecule has 28 heavy (non-hydrogen) atoms.